The monoisotopic (exact) mass is 335 g/mol. The summed E-state index contributed by atoms with van der Waals surface area (Å²) in [5.41, 5.74) is 0.801. The van der Waals surface area contributed by atoms with Gasteiger partial charge in [0.15, 0.2) is 5.78 Å². The zero-order valence-electron chi connectivity index (χ0n) is 7.07. The first-order valence-electron chi connectivity index (χ1n) is 3.91. The van der Waals surface area contributed by atoms with E-state index in [4.69, 9.17) is 0 Å². The maximum atomic E-state index is 11.7. The van der Waals surface area contributed by atoms with Crippen molar-refractivity contribution in [2.24, 2.45) is 0 Å². The first-order valence-corrected chi connectivity index (χ1v) is 6.75. The van der Waals surface area contributed by atoms with Crippen molar-refractivity contribution in [3.8, 4) is 0 Å². The Kier molecular flexibility index (Phi) is 3.30. The molecule has 5 heteroatoms. The molecular formula is C9H6INOS2. The number of nitrogens with zero attached hydrogens (tertiary/aromatic N) is 1. The lowest BCUT2D eigenvalue weighted by Crippen LogP contribution is -2.01. The number of aromatic nitrogens is 1. The van der Waals surface area contributed by atoms with Gasteiger partial charge in [-0.3, -0.25) is 4.79 Å². The lowest BCUT2D eigenvalue weighted by molar-refractivity contribution is 0.0993. The van der Waals surface area contributed by atoms with Crippen molar-refractivity contribution < 1.29 is 4.79 Å². The highest BCUT2D eigenvalue weighted by molar-refractivity contribution is 14.1. The number of halogens is 1. The zero-order valence-corrected chi connectivity index (χ0v) is 10.9. The summed E-state index contributed by atoms with van der Waals surface area (Å²) in [4.78, 5) is 15.8. The van der Waals surface area contributed by atoms with Crippen LogP contribution >= 0.6 is 45.3 Å². The van der Waals surface area contributed by atoms with Gasteiger partial charge < -0.3 is 0 Å². The highest BCUT2D eigenvalue weighted by atomic mass is 127. The third-order valence-corrected chi connectivity index (χ3v) is 4.25. The minimum Gasteiger partial charge on any atom is -0.294 e. The molecule has 0 spiro atoms. The van der Waals surface area contributed by atoms with Crippen LogP contribution in [0.4, 0.5) is 0 Å². The van der Waals surface area contributed by atoms with E-state index >= 15 is 0 Å². The third kappa shape index (κ3) is 2.40. The minimum atomic E-state index is 0.152. The highest BCUT2D eigenvalue weighted by Gasteiger charge is 2.10. The second kappa shape index (κ2) is 4.50. The zero-order chi connectivity index (χ0) is 9.97. The summed E-state index contributed by atoms with van der Waals surface area (Å²) in [6, 6.07) is 1.92. The average molecular weight is 335 g/mol. The van der Waals surface area contributed by atoms with Crippen molar-refractivity contribution in [1.29, 1.82) is 0 Å². The standard InChI is InChI=1S/C9H6INOS2/c10-8-3-6(5-14-8)7(12)4-9-11-1-2-13-9/h1-3,5H,4H2. The molecule has 2 heterocycles. The summed E-state index contributed by atoms with van der Waals surface area (Å²) >= 11 is 5.33. The van der Waals surface area contributed by atoms with E-state index in [1.165, 1.54) is 11.3 Å². The lowest BCUT2D eigenvalue weighted by atomic mass is 10.2. The Hall–Kier alpha value is -0.270. The predicted molar refractivity (Wildman–Crippen MR) is 67.2 cm³/mol. The van der Waals surface area contributed by atoms with E-state index in [1.54, 1.807) is 17.5 Å². The van der Waals surface area contributed by atoms with Gasteiger partial charge in [-0.05, 0) is 28.7 Å². The van der Waals surface area contributed by atoms with E-state index in [1.807, 2.05) is 16.8 Å². The number of thiophene rings is 1. The van der Waals surface area contributed by atoms with E-state index in [2.05, 4.69) is 27.6 Å². The Balaban J connectivity index is 2.10. The molecule has 0 saturated heterocycles. The number of rotatable bonds is 3. The lowest BCUT2D eigenvalue weighted by Gasteiger charge is -1.92. The molecule has 0 bridgehead atoms. The fraction of sp³-hybridized carbons (Fsp3) is 0.111. The van der Waals surface area contributed by atoms with Crippen molar-refractivity contribution in [2.45, 2.75) is 6.42 Å². The molecule has 0 unspecified atom stereocenters. The topological polar surface area (TPSA) is 30.0 Å². The van der Waals surface area contributed by atoms with Crippen LogP contribution in [0, 0.1) is 2.88 Å². The number of thiazole rings is 1. The molecule has 0 radical (unpaired) electrons. The Morgan fingerprint density at radius 2 is 2.36 bits per heavy atom. The molecule has 0 aliphatic carbocycles. The fourth-order valence-corrected chi connectivity index (χ4v) is 3.00. The van der Waals surface area contributed by atoms with Gasteiger partial charge >= 0.3 is 0 Å². The van der Waals surface area contributed by atoms with Crippen LogP contribution in [0.25, 0.3) is 0 Å². The van der Waals surface area contributed by atoms with Gasteiger partial charge in [-0.25, -0.2) is 4.98 Å². The summed E-state index contributed by atoms with van der Waals surface area (Å²) in [5.74, 6) is 0.152. The maximum Gasteiger partial charge on any atom is 0.170 e. The summed E-state index contributed by atoms with van der Waals surface area (Å²) in [5, 5.41) is 4.67. The normalized spacial score (nSPS) is 10.4. The average Bonchev–Trinajstić information content (AvgIpc) is 2.75. The van der Waals surface area contributed by atoms with Crippen molar-refractivity contribution in [2.75, 3.05) is 0 Å². The fourth-order valence-electron chi connectivity index (χ4n) is 1.04. The SMILES string of the molecule is O=C(Cc1nccs1)c1csc(I)c1. The summed E-state index contributed by atoms with van der Waals surface area (Å²) in [7, 11) is 0. The molecule has 2 nitrogen and oxygen atoms in total. The predicted octanol–water partition coefficient (Wildman–Crippen LogP) is 3.23. The largest absolute Gasteiger partial charge is 0.294 e. The van der Waals surface area contributed by atoms with E-state index in [9.17, 15) is 4.79 Å². The van der Waals surface area contributed by atoms with Gasteiger partial charge in [0, 0.05) is 22.5 Å². The van der Waals surface area contributed by atoms with Gasteiger partial charge in [-0.2, -0.15) is 0 Å². The second-order valence-electron chi connectivity index (χ2n) is 2.67. The molecule has 0 N–H and O–H groups in total. The van der Waals surface area contributed by atoms with Crippen molar-refractivity contribution in [3.05, 3.63) is 36.5 Å². The van der Waals surface area contributed by atoms with Gasteiger partial charge in [-0.1, -0.05) is 0 Å². The van der Waals surface area contributed by atoms with Crippen LogP contribution in [0.2, 0.25) is 0 Å². The summed E-state index contributed by atoms with van der Waals surface area (Å²) < 4.78 is 1.14. The van der Waals surface area contributed by atoms with Crippen molar-refractivity contribution >= 4 is 51.0 Å². The van der Waals surface area contributed by atoms with Crippen LogP contribution in [-0.4, -0.2) is 10.8 Å². The van der Waals surface area contributed by atoms with Gasteiger partial charge in [0.1, 0.15) is 5.01 Å². The molecule has 0 amide bonds. The number of carbonyl (C=O) groups excluding carboxylic acids is 1. The first-order chi connectivity index (χ1) is 6.75. The van der Waals surface area contributed by atoms with Gasteiger partial charge in [-0.15, -0.1) is 22.7 Å². The molecule has 2 aromatic rings. The van der Waals surface area contributed by atoms with Crippen LogP contribution in [0.15, 0.2) is 23.0 Å². The molecule has 14 heavy (non-hydrogen) atoms. The minimum absolute atomic E-state index is 0.152. The van der Waals surface area contributed by atoms with E-state index < -0.39 is 0 Å². The molecule has 2 rings (SSSR count). The summed E-state index contributed by atoms with van der Waals surface area (Å²) in [6.07, 6.45) is 2.15. The number of ketones is 1. The Bertz CT molecular complexity index is 435. The van der Waals surface area contributed by atoms with Crippen molar-refractivity contribution in [3.63, 3.8) is 0 Å². The molecular weight excluding hydrogens is 329 g/mol. The molecule has 0 aromatic carbocycles. The van der Waals surface area contributed by atoms with Crippen molar-refractivity contribution in [1.82, 2.24) is 4.98 Å². The molecule has 0 aliphatic rings. The number of hydrogen-bond donors (Lipinski definition) is 0. The maximum absolute atomic E-state index is 11.7. The van der Waals surface area contributed by atoms with Crippen LogP contribution in [0.1, 0.15) is 15.4 Å². The van der Waals surface area contributed by atoms with Crippen LogP contribution in [-0.2, 0) is 6.42 Å². The number of carbonyl (C=O) groups is 1. The second-order valence-corrected chi connectivity index (χ2v) is 6.45. The molecule has 0 atom stereocenters. The van der Waals surface area contributed by atoms with Gasteiger partial charge in [0.05, 0.1) is 9.30 Å². The van der Waals surface area contributed by atoms with Crippen LogP contribution in [0.3, 0.4) is 0 Å². The summed E-state index contributed by atoms with van der Waals surface area (Å²) in [6.45, 7) is 0. The van der Waals surface area contributed by atoms with Crippen LogP contribution in [0.5, 0.6) is 0 Å². The molecule has 72 valence electrons. The van der Waals surface area contributed by atoms with E-state index in [0.717, 1.165) is 13.5 Å². The van der Waals surface area contributed by atoms with Gasteiger partial charge in [0.25, 0.3) is 0 Å². The highest BCUT2D eigenvalue weighted by Crippen LogP contribution is 2.18. The first kappa shape index (κ1) is 10.3. The molecule has 0 fully saturated rings. The molecule has 2 aromatic heterocycles. The third-order valence-electron chi connectivity index (χ3n) is 1.68. The van der Waals surface area contributed by atoms with E-state index in [-0.39, 0.29) is 5.78 Å². The molecule has 0 saturated carbocycles. The Labute approximate surface area is 103 Å². The Morgan fingerprint density at radius 1 is 1.50 bits per heavy atom. The number of Topliss-reactive ketones (excluding diaryl/α,β-unsaturated/α-hetero) is 1. The van der Waals surface area contributed by atoms with E-state index in [0.29, 0.717) is 6.42 Å². The van der Waals surface area contributed by atoms with Crippen LogP contribution < -0.4 is 0 Å². The molecule has 0 aliphatic heterocycles. The Morgan fingerprint density at radius 3 is 2.93 bits per heavy atom. The number of hydrogen-bond acceptors (Lipinski definition) is 4. The quantitative estimate of drug-likeness (QED) is 0.637. The van der Waals surface area contributed by atoms with Gasteiger partial charge in [0.2, 0.25) is 0 Å². The smallest absolute Gasteiger partial charge is 0.170 e.